The number of rotatable bonds is 4. The second-order valence-electron chi connectivity index (χ2n) is 6.14. The van der Waals surface area contributed by atoms with E-state index in [4.69, 9.17) is 4.74 Å². The first-order chi connectivity index (χ1) is 13.6. The molecule has 3 aromatic rings. The van der Waals surface area contributed by atoms with Crippen LogP contribution in [0.5, 0.6) is 5.75 Å². The van der Waals surface area contributed by atoms with Crippen molar-refractivity contribution >= 4 is 45.9 Å². The highest BCUT2D eigenvalue weighted by molar-refractivity contribution is 8.18. The monoisotopic (exact) mass is 406 g/mol. The molecule has 4 nitrogen and oxygen atoms in total. The molecule has 0 spiro atoms. The van der Waals surface area contributed by atoms with Gasteiger partial charge < -0.3 is 4.74 Å². The van der Waals surface area contributed by atoms with Gasteiger partial charge in [-0.05, 0) is 59.8 Å². The first kappa shape index (κ1) is 18.5. The number of para-hydroxylation sites is 1. The molecule has 4 rings (SSSR count). The number of aliphatic imine (C=N–C) groups is 1. The minimum absolute atomic E-state index is 0.0315. The van der Waals surface area contributed by atoms with E-state index in [1.54, 1.807) is 30.4 Å². The first-order valence-corrected chi connectivity index (χ1v) is 10.3. The molecule has 2 heterocycles. The van der Waals surface area contributed by atoms with E-state index in [0.717, 1.165) is 26.8 Å². The third-order valence-corrected chi connectivity index (χ3v) is 6.38. The van der Waals surface area contributed by atoms with Crippen molar-refractivity contribution in [3.63, 3.8) is 0 Å². The van der Waals surface area contributed by atoms with Crippen LogP contribution < -0.4 is 4.74 Å². The largest absolute Gasteiger partial charge is 0.497 e. The normalized spacial score (nSPS) is 16.9. The molecular weight excluding hydrogens is 388 g/mol. The van der Waals surface area contributed by atoms with Crippen LogP contribution in [0.2, 0.25) is 0 Å². The number of likely N-dealkylation sites (N-methyl/N-ethyl adjacent to an activating group) is 1. The fourth-order valence-electron chi connectivity index (χ4n) is 2.76. The van der Waals surface area contributed by atoms with Crippen LogP contribution in [-0.2, 0) is 4.79 Å². The SMILES string of the molecule is COc1cccc(-c2ccc(C=C3SC(=Nc4ccccc4)N(C)C3=O)s2)c1. The zero-order valence-electron chi connectivity index (χ0n) is 15.5. The molecule has 0 atom stereocenters. The molecule has 0 aliphatic carbocycles. The number of carbonyl (C=O) groups is 1. The molecule has 1 saturated heterocycles. The summed E-state index contributed by atoms with van der Waals surface area (Å²) in [7, 11) is 3.42. The number of methoxy groups -OCH3 is 1. The summed E-state index contributed by atoms with van der Waals surface area (Å²) in [6.07, 6.45) is 1.94. The molecule has 0 radical (unpaired) electrons. The Morgan fingerprint density at radius 1 is 1.04 bits per heavy atom. The number of benzene rings is 2. The number of thiophene rings is 1. The molecule has 0 unspecified atom stereocenters. The summed E-state index contributed by atoms with van der Waals surface area (Å²) in [6, 6.07) is 21.7. The minimum Gasteiger partial charge on any atom is -0.497 e. The lowest BCUT2D eigenvalue weighted by Gasteiger charge is -2.06. The van der Waals surface area contributed by atoms with Crippen molar-refractivity contribution in [2.45, 2.75) is 0 Å². The van der Waals surface area contributed by atoms with Crippen LogP contribution in [0.15, 0.2) is 76.6 Å². The van der Waals surface area contributed by atoms with E-state index in [9.17, 15) is 4.79 Å². The van der Waals surface area contributed by atoms with E-state index in [1.165, 1.54) is 11.8 Å². The van der Waals surface area contributed by atoms with Crippen molar-refractivity contribution in [3.8, 4) is 16.2 Å². The molecule has 1 fully saturated rings. The smallest absolute Gasteiger partial charge is 0.266 e. The summed E-state index contributed by atoms with van der Waals surface area (Å²) in [5.74, 6) is 0.798. The van der Waals surface area contributed by atoms with Gasteiger partial charge in [0.2, 0.25) is 0 Å². The van der Waals surface area contributed by atoms with Gasteiger partial charge in [0.15, 0.2) is 5.17 Å². The fraction of sp³-hybridized carbons (Fsp3) is 0.0909. The zero-order chi connectivity index (χ0) is 19.5. The molecule has 1 amide bonds. The van der Waals surface area contributed by atoms with Gasteiger partial charge in [0.25, 0.3) is 5.91 Å². The van der Waals surface area contributed by atoms with Crippen LogP contribution in [0.1, 0.15) is 4.88 Å². The topological polar surface area (TPSA) is 41.9 Å². The zero-order valence-corrected chi connectivity index (χ0v) is 17.1. The number of thioether (sulfide) groups is 1. The predicted molar refractivity (Wildman–Crippen MR) is 118 cm³/mol. The highest BCUT2D eigenvalue weighted by atomic mass is 32.2. The highest BCUT2D eigenvalue weighted by Crippen LogP contribution is 2.36. The Labute approximate surface area is 172 Å². The molecule has 0 N–H and O–H groups in total. The Morgan fingerprint density at radius 3 is 2.64 bits per heavy atom. The van der Waals surface area contributed by atoms with Gasteiger partial charge in [-0.1, -0.05) is 30.3 Å². The number of amides is 1. The van der Waals surface area contributed by atoms with Gasteiger partial charge in [0.1, 0.15) is 5.75 Å². The van der Waals surface area contributed by atoms with Crippen LogP contribution in [0, 0.1) is 0 Å². The van der Waals surface area contributed by atoms with Crippen molar-refractivity contribution in [1.82, 2.24) is 4.90 Å². The molecule has 2 aromatic carbocycles. The number of hydrogen-bond donors (Lipinski definition) is 0. The summed E-state index contributed by atoms with van der Waals surface area (Å²) < 4.78 is 5.30. The molecule has 1 aromatic heterocycles. The Hall–Kier alpha value is -2.83. The van der Waals surface area contributed by atoms with E-state index < -0.39 is 0 Å². The van der Waals surface area contributed by atoms with E-state index in [0.29, 0.717) is 10.1 Å². The molecule has 1 aliphatic rings. The van der Waals surface area contributed by atoms with E-state index >= 15 is 0 Å². The van der Waals surface area contributed by atoms with Gasteiger partial charge in [-0.25, -0.2) is 4.99 Å². The third kappa shape index (κ3) is 3.88. The van der Waals surface area contributed by atoms with Gasteiger partial charge in [0, 0.05) is 16.8 Å². The third-order valence-electron chi connectivity index (χ3n) is 4.24. The first-order valence-electron chi connectivity index (χ1n) is 8.69. The van der Waals surface area contributed by atoms with Gasteiger partial charge in [-0.2, -0.15) is 0 Å². The van der Waals surface area contributed by atoms with Crippen LogP contribution in [0.3, 0.4) is 0 Å². The number of nitrogens with zero attached hydrogens (tertiary/aromatic N) is 2. The van der Waals surface area contributed by atoms with E-state index in [2.05, 4.69) is 17.1 Å². The second-order valence-corrected chi connectivity index (χ2v) is 8.26. The Balaban J connectivity index is 1.58. The van der Waals surface area contributed by atoms with Gasteiger partial charge in [0.05, 0.1) is 17.7 Å². The number of hydrogen-bond acceptors (Lipinski definition) is 5. The molecule has 28 heavy (non-hydrogen) atoms. The maximum absolute atomic E-state index is 12.6. The highest BCUT2D eigenvalue weighted by Gasteiger charge is 2.30. The fourth-order valence-corrected chi connectivity index (χ4v) is 4.76. The van der Waals surface area contributed by atoms with Crippen LogP contribution in [0.25, 0.3) is 16.5 Å². The standard InChI is InChI=1S/C22H18N2O2S2/c1-24-21(25)20(28-22(24)23-16-8-4-3-5-9-16)14-18-11-12-19(27-18)15-7-6-10-17(13-15)26-2/h3-14H,1-2H3. The molecule has 0 bridgehead atoms. The lowest BCUT2D eigenvalue weighted by Crippen LogP contribution is -2.23. The average molecular weight is 407 g/mol. The summed E-state index contributed by atoms with van der Waals surface area (Å²) >= 11 is 3.05. The predicted octanol–water partition coefficient (Wildman–Crippen LogP) is 5.66. The molecule has 1 aliphatic heterocycles. The van der Waals surface area contributed by atoms with Crippen LogP contribution in [0.4, 0.5) is 5.69 Å². The molecule has 140 valence electrons. The lowest BCUT2D eigenvalue weighted by molar-refractivity contribution is -0.121. The molecule has 0 saturated carbocycles. The van der Waals surface area contributed by atoms with Crippen molar-refractivity contribution in [3.05, 3.63) is 76.5 Å². The number of carbonyl (C=O) groups excluding carboxylic acids is 1. The maximum Gasteiger partial charge on any atom is 0.266 e. The molecule has 6 heteroatoms. The Kier molecular flexibility index (Phi) is 5.32. The minimum atomic E-state index is -0.0315. The van der Waals surface area contributed by atoms with Crippen LogP contribution in [-0.4, -0.2) is 30.1 Å². The van der Waals surface area contributed by atoms with Gasteiger partial charge >= 0.3 is 0 Å². The summed E-state index contributed by atoms with van der Waals surface area (Å²) in [6.45, 7) is 0. The summed E-state index contributed by atoms with van der Waals surface area (Å²) in [4.78, 5) is 21.6. The van der Waals surface area contributed by atoms with E-state index in [1.807, 2.05) is 60.7 Å². The summed E-state index contributed by atoms with van der Waals surface area (Å²) in [5, 5.41) is 0.687. The van der Waals surface area contributed by atoms with Crippen molar-refractivity contribution in [2.24, 2.45) is 4.99 Å². The quantitative estimate of drug-likeness (QED) is 0.525. The van der Waals surface area contributed by atoms with E-state index in [-0.39, 0.29) is 5.91 Å². The van der Waals surface area contributed by atoms with Crippen molar-refractivity contribution in [1.29, 1.82) is 0 Å². The van der Waals surface area contributed by atoms with Gasteiger partial charge in [-0.15, -0.1) is 11.3 Å². The number of ether oxygens (including phenoxy) is 1. The summed E-state index contributed by atoms with van der Waals surface area (Å²) in [5.41, 5.74) is 1.94. The van der Waals surface area contributed by atoms with Crippen LogP contribution >= 0.6 is 23.1 Å². The Bertz CT molecular complexity index is 1070. The Morgan fingerprint density at radius 2 is 1.86 bits per heavy atom. The molecular formula is C22H18N2O2S2. The maximum atomic E-state index is 12.6. The number of amidine groups is 1. The van der Waals surface area contributed by atoms with Crippen molar-refractivity contribution < 1.29 is 9.53 Å². The van der Waals surface area contributed by atoms with Crippen molar-refractivity contribution in [2.75, 3.05) is 14.2 Å². The average Bonchev–Trinajstić information content (AvgIpc) is 3.30. The second kappa shape index (κ2) is 8.04. The lowest BCUT2D eigenvalue weighted by atomic mass is 10.2. The van der Waals surface area contributed by atoms with Gasteiger partial charge in [-0.3, -0.25) is 9.69 Å².